The van der Waals surface area contributed by atoms with Crippen LogP contribution in [-0.4, -0.2) is 23.7 Å². The molecule has 0 aliphatic rings. The van der Waals surface area contributed by atoms with Gasteiger partial charge in [0, 0.05) is 22.3 Å². The number of carbonyl (C=O) groups is 2. The van der Waals surface area contributed by atoms with Crippen LogP contribution >= 0.6 is 0 Å². The Labute approximate surface area is 200 Å². The predicted molar refractivity (Wildman–Crippen MR) is 128 cm³/mol. The van der Waals surface area contributed by atoms with Gasteiger partial charge in [0.15, 0.2) is 11.6 Å². The van der Waals surface area contributed by atoms with E-state index in [9.17, 15) is 19.2 Å². The van der Waals surface area contributed by atoms with E-state index >= 15 is 0 Å². The number of ketones is 2. The highest BCUT2D eigenvalue weighted by atomic mass is 16.5. The summed E-state index contributed by atoms with van der Waals surface area (Å²) in [5.74, 6) is 0.592. The van der Waals surface area contributed by atoms with Crippen LogP contribution in [0.2, 0.25) is 0 Å². The Kier molecular flexibility index (Phi) is 6.95. The highest BCUT2D eigenvalue weighted by Crippen LogP contribution is 2.25. The lowest BCUT2D eigenvalue weighted by Crippen LogP contribution is -2.01. The van der Waals surface area contributed by atoms with Crippen LogP contribution in [0.3, 0.4) is 0 Å². The number of ether oxygens (including phenoxy) is 1. The fourth-order valence-corrected chi connectivity index (χ4v) is 3.36. The summed E-state index contributed by atoms with van der Waals surface area (Å²) in [7, 11) is 0. The van der Waals surface area contributed by atoms with Gasteiger partial charge in [-0.05, 0) is 72.8 Å². The maximum atomic E-state index is 12.7. The van der Waals surface area contributed by atoms with Crippen molar-refractivity contribution in [1.82, 2.24) is 0 Å². The number of rotatable bonds is 8. The maximum absolute atomic E-state index is 12.7. The van der Waals surface area contributed by atoms with E-state index in [4.69, 9.17) is 4.74 Å². The molecule has 0 saturated heterocycles. The average molecular weight is 460 g/mol. The van der Waals surface area contributed by atoms with Gasteiger partial charge in [0.2, 0.25) is 12.2 Å². The van der Waals surface area contributed by atoms with Crippen molar-refractivity contribution in [3.8, 4) is 11.5 Å². The van der Waals surface area contributed by atoms with E-state index in [1.54, 1.807) is 84.9 Å². The zero-order valence-corrected chi connectivity index (χ0v) is 18.2. The van der Waals surface area contributed by atoms with Crippen LogP contribution < -0.4 is 4.74 Å². The summed E-state index contributed by atoms with van der Waals surface area (Å²) in [4.78, 5) is 53.4. The van der Waals surface area contributed by atoms with Crippen LogP contribution in [0, 0.1) is 0 Å². The highest BCUT2D eigenvalue weighted by molar-refractivity contribution is 6.10. The number of nitrogens with zero attached hydrogens (tertiary/aromatic N) is 2. The topological polar surface area (TPSA) is 102 Å². The monoisotopic (exact) mass is 460 g/mol. The zero-order chi connectivity index (χ0) is 24.6. The summed E-state index contributed by atoms with van der Waals surface area (Å²) in [5.41, 5.74) is 2.42. The first-order valence-corrected chi connectivity index (χ1v) is 10.4. The smallest absolute Gasteiger partial charge is 0.240 e. The Bertz CT molecular complexity index is 1380. The Morgan fingerprint density at radius 2 is 0.943 bits per heavy atom. The molecule has 0 amide bonds. The third kappa shape index (κ3) is 5.59. The van der Waals surface area contributed by atoms with Crippen LogP contribution in [0.25, 0.3) is 0 Å². The number of carbonyl (C=O) groups excluding carboxylic acids is 4. The van der Waals surface area contributed by atoms with Crippen molar-refractivity contribution >= 4 is 35.1 Å². The standard InChI is InChI=1S/C28H16N2O5/c31-17-29-23-5-1-3-21(15-23)27(33)19-7-11-25(12-8-19)35-26-13-9-20(10-14-26)28(34)22-4-2-6-24(16-22)30-18-32/h1-16H. The molecule has 168 valence electrons. The summed E-state index contributed by atoms with van der Waals surface area (Å²) in [5, 5.41) is 0. The zero-order valence-electron chi connectivity index (χ0n) is 18.2. The van der Waals surface area contributed by atoms with Gasteiger partial charge in [-0.2, -0.15) is 9.98 Å². The lowest BCUT2D eigenvalue weighted by Gasteiger charge is -2.08. The second kappa shape index (κ2) is 10.6. The van der Waals surface area contributed by atoms with Gasteiger partial charge in [-0.15, -0.1) is 0 Å². The van der Waals surface area contributed by atoms with Gasteiger partial charge >= 0.3 is 0 Å². The van der Waals surface area contributed by atoms with Crippen molar-refractivity contribution in [2.45, 2.75) is 0 Å². The van der Waals surface area contributed by atoms with E-state index in [1.165, 1.54) is 24.3 Å². The third-order valence-corrected chi connectivity index (χ3v) is 5.03. The van der Waals surface area contributed by atoms with Crippen LogP contribution in [0.1, 0.15) is 31.8 Å². The van der Waals surface area contributed by atoms with Crippen LogP contribution in [0.15, 0.2) is 107 Å². The summed E-state index contributed by atoms with van der Waals surface area (Å²) in [6.07, 6.45) is 2.91. The summed E-state index contributed by atoms with van der Waals surface area (Å²) >= 11 is 0. The maximum Gasteiger partial charge on any atom is 0.240 e. The van der Waals surface area contributed by atoms with E-state index in [2.05, 4.69) is 9.98 Å². The van der Waals surface area contributed by atoms with Gasteiger partial charge in [0.25, 0.3) is 0 Å². The molecular formula is C28H16N2O5. The molecule has 0 unspecified atom stereocenters. The van der Waals surface area contributed by atoms with E-state index in [0.717, 1.165) is 0 Å². The number of hydrogen-bond donors (Lipinski definition) is 0. The Balaban J connectivity index is 1.44. The van der Waals surface area contributed by atoms with E-state index in [1.807, 2.05) is 0 Å². The van der Waals surface area contributed by atoms with Crippen molar-refractivity contribution in [2.75, 3.05) is 0 Å². The average Bonchev–Trinajstić information content (AvgIpc) is 2.89. The molecular weight excluding hydrogens is 444 g/mol. The molecule has 0 saturated carbocycles. The Morgan fingerprint density at radius 1 is 0.543 bits per heavy atom. The minimum Gasteiger partial charge on any atom is -0.457 e. The number of benzene rings is 4. The second-order valence-electron chi connectivity index (χ2n) is 7.32. The van der Waals surface area contributed by atoms with Crippen LogP contribution in [0.4, 0.5) is 11.4 Å². The molecule has 4 rings (SSSR count). The van der Waals surface area contributed by atoms with Gasteiger partial charge in [-0.1, -0.05) is 24.3 Å². The molecule has 0 heterocycles. The molecule has 0 radical (unpaired) electrons. The molecule has 0 fully saturated rings. The molecule has 0 aliphatic carbocycles. The first-order valence-electron chi connectivity index (χ1n) is 10.4. The van der Waals surface area contributed by atoms with E-state index in [0.29, 0.717) is 45.1 Å². The molecule has 0 bridgehead atoms. The molecule has 4 aromatic rings. The molecule has 0 spiro atoms. The van der Waals surface area contributed by atoms with Crippen molar-refractivity contribution in [2.24, 2.45) is 9.98 Å². The van der Waals surface area contributed by atoms with Gasteiger partial charge in [-0.3, -0.25) is 9.59 Å². The van der Waals surface area contributed by atoms with Crippen LogP contribution in [-0.2, 0) is 9.59 Å². The van der Waals surface area contributed by atoms with Crippen molar-refractivity contribution in [3.05, 3.63) is 119 Å². The van der Waals surface area contributed by atoms with Crippen molar-refractivity contribution in [3.63, 3.8) is 0 Å². The van der Waals surface area contributed by atoms with Crippen LogP contribution in [0.5, 0.6) is 11.5 Å². The number of hydrogen-bond acceptors (Lipinski definition) is 7. The third-order valence-electron chi connectivity index (χ3n) is 5.03. The first-order chi connectivity index (χ1) is 17.1. The molecule has 7 heteroatoms. The quantitative estimate of drug-likeness (QED) is 0.186. The van der Waals surface area contributed by atoms with E-state index in [-0.39, 0.29) is 11.6 Å². The van der Waals surface area contributed by atoms with Gasteiger partial charge in [0.05, 0.1) is 11.4 Å². The molecule has 0 atom stereocenters. The highest BCUT2D eigenvalue weighted by Gasteiger charge is 2.12. The number of isocyanates is 2. The minimum atomic E-state index is -0.217. The molecule has 0 N–H and O–H groups in total. The molecule has 35 heavy (non-hydrogen) atoms. The van der Waals surface area contributed by atoms with Gasteiger partial charge < -0.3 is 4.74 Å². The van der Waals surface area contributed by atoms with Crippen molar-refractivity contribution < 1.29 is 23.9 Å². The second-order valence-corrected chi connectivity index (χ2v) is 7.32. The first kappa shape index (κ1) is 23.0. The van der Waals surface area contributed by atoms with Crippen molar-refractivity contribution in [1.29, 1.82) is 0 Å². The summed E-state index contributed by atoms with van der Waals surface area (Å²) in [6, 6.07) is 26.0. The number of aliphatic imine (C=N–C) groups is 2. The predicted octanol–water partition coefficient (Wildman–Crippen LogP) is 5.88. The SMILES string of the molecule is O=C=Nc1cccc(C(=O)c2ccc(Oc3ccc(C(=O)c4cccc(N=C=O)c4)cc3)cc2)c1. The Morgan fingerprint density at radius 3 is 1.31 bits per heavy atom. The lowest BCUT2D eigenvalue weighted by molar-refractivity contribution is 0.103. The van der Waals surface area contributed by atoms with Gasteiger partial charge in [0.1, 0.15) is 11.5 Å². The molecule has 0 aliphatic heterocycles. The summed E-state index contributed by atoms with van der Waals surface area (Å²) in [6.45, 7) is 0. The largest absolute Gasteiger partial charge is 0.457 e. The van der Waals surface area contributed by atoms with Gasteiger partial charge in [-0.25, -0.2) is 9.59 Å². The minimum absolute atomic E-state index is 0.217. The molecule has 7 nitrogen and oxygen atoms in total. The normalized spacial score (nSPS) is 9.94. The summed E-state index contributed by atoms with van der Waals surface area (Å²) < 4.78 is 5.82. The molecule has 0 aromatic heterocycles. The fourth-order valence-electron chi connectivity index (χ4n) is 3.36. The van der Waals surface area contributed by atoms with E-state index < -0.39 is 0 Å². The fraction of sp³-hybridized carbons (Fsp3) is 0. The molecule has 4 aromatic carbocycles. The Hall–Kier alpha value is -5.22. The lowest BCUT2D eigenvalue weighted by atomic mass is 10.0.